The number of methoxy groups -OCH3 is 1. The fraction of sp³-hybridized carbons (Fsp3) is 0.300. The molecule has 1 saturated heterocycles. The van der Waals surface area contributed by atoms with Gasteiger partial charge in [-0.2, -0.15) is 0 Å². The standard InChI is InChI=1S/C20H21N3O3/c1-25-17-9-5-8-16(14-17)19(24)23-12-10-20(11-13-23)21-18(22-26-20)15-6-3-2-4-7-15/h2-9,14H,10-13H2,1H3,(H,21,22). The first kappa shape index (κ1) is 16.6. The topological polar surface area (TPSA) is 63.2 Å². The van der Waals surface area contributed by atoms with Gasteiger partial charge in [0.1, 0.15) is 5.75 Å². The Kier molecular flexibility index (Phi) is 4.34. The molecule has 0 bridgehead atoms. The van der Waals surface area contributed by atoms with Gasteiger partial charge in [0.2, 0.25) is 0 Å². The van der Waals surface area contributed by atoms with E-state index < -0.39 is 5.72 Å². The molecule has 6 heteroatoms. The van der Waals surface area contributed by atoms with Gasteiger partial charge >= 0.3 is 0 Å². The van der Waals surface area contributed by atoms with Crippen LogP contribution >= 0.6 is 0 Å². The minimum atomic E-state index is -0.587. The highest BCUT2D eigenvalue weighted by atomic mass is 16.7. The van der Waals surface area contributed by atoms with Gasteiger partial charge in [-0.25, -0.2) is 15.3 Å². The van der Waals surface area contributed by atoms with Crippen LogP contribution in [0.2, 0.25) is 0 Å². The molecule has 134 valence electrons. The summed E-state index contributed by atoms with van der Waals surface area (Å²) in [6, 6.07) is 17.2. The van der Waals surface area contributed by atoms with E-state index in [9.17, 15) is 4.79 Å². The van der Waals surface area contributed by atoms with Crippen LogP contribution < -0.4 is 10.2 Å². The zero-order valence-corrected chi connectivity index (χ0v) is 14.6. The van der Waals surface area contributed by atoms with E-state index in [1.54, 1.807) is 13.2 Å². The lowest BCUT2D eigenvalue weighted by atomic mass is 10.00. The molecule has 6 nitrogen and oxygen atoms in total. The highest BCUT2D eigenvalue weighted by molar-refractivity contribution is 5.99. The normalized spacial score (nSPS) is 18.3. The van der Waals surface area contributed by atoms with Gasteiger partial charge in [-0.3, -0.25) is 4.79 Å². The summed E-state index contributed by atoms with van der Waals surface area (Å²) in [7, 11) is 1.60. The molecular formula is C20H21N3O3. The number of piperidine rings is 1. The molecular weight excluding hydrogens is 330 g/mol. The smallest absolute Gasteiger partial charge is 0.253 e. The number of benzene rings is 2. The van der Waals surface area contributed by atoms with Crippen molar-refractivity contribution < 1.29 is 14.4 Å². The first-order chi connectivity index (χ1) is 12.7. The number of nitrogens with zero attached hydrogens (tertiary/aromatic N) is 2. The fourth-order valence-electron chi connectivity index (χ4n) is 3.32. The lowest BCUT2D eigenvalue weighted by Crippen LogP contribution is -2.46. The highest BCUT2D eigenvalue weighted by Crippen LogP contribution is 2.31. The Balaban J connectivity index is 1.44. The van der Waals surface area contributed by atoms with Crippen LogP contribution in [0.25, 0.3) is 0 Å². The van der Waals surface area contributed by atoms with Gasteiger partial charge in [-0.05, 0) is 18.2 Å². The molecule has 0 radical (unpaired) electrons. The molecule has 1 fully saturated rings. The van der Waals surface area contributed by atoms with Crippen molar-refractivity contribution in [2.24, 2.45) is 4.99 Å². The van der Waals surface area contributed by atoms with Crippen molar-refractivity contribution in [3.63, 3.8) is 0 Å². The second-order valence-electron chi connectivity index (χ2n) is 6.50. The van der Waals surface area contributed by atoms with E-state index in [4.69, 9.17) is 14.6 Å². The summed E-state index contributed by atoms with van der Waals surface area (Å²) in [5.74, 6) is 1.44. The maximum absolute atomic E-state index is 12.7. The molecule has 2 aromatic rings. The third-order valence-electron chi connectivity index (χ3n) is 4.85. The summed E-state index contributed by atoms with van der Waals surface area (Å²) >= 11 is 0. The Hall–Kier alpha value is -2.86. The van der Waals surface area contributed by atoms with Crippen LogP contribution in [0, 0.1) is 0 Å². The predicted molar refractivity (Wildman–Crippen MR) is 98.1 cm³/mol. The van der Waals surface area contributed by atoms with E-state index >= 15 is 0 Å². The molecule has 1 amide bonds. The molecule has 2 aliphatic heterocycles. The van der Waals surface area contributed by atoms with Gasteiger partial charge < -0.3 is 9.64 Å². The number of nitrogens with one attached hydrogen (secondary N) is 1. The van der Waals surface area contributed by atoms with Crippen molar-refractivity contribution in [2.75, 3.05) is 20.2 Å². The fourth-order valence-corrected chi connectivity index (χ4v) is 3.32. The van der Waals surface area contributed by atoms with E-state index in [1.807, 2.05) is 53.4 Å². The molecule has 4 rings (SSSR count). The lowest BCUT2D eigenvalue weighted by Gasteiger charge is -2.35. The van der Waals surface area contributed by atoms with Crippen molar-refractivity contribution in [2.45, 2.75) is 18.6 Å². The molecule has 2 aliphatic rings. The average molecular weight is 351 g/mol. The maximum Gasteiger partial charge on any atom is 0.253 e. The highest BCUT2D eigenvalue weighted by Gasteiger charge is 2.41. The van der Waals surface area contributed by atoms with Crippen LogP contribution in [0.4, 0.5) is 0 Å². The van der Waals surface area contributed by atoms with Crippen LogP contribution in [0.5, 0.6) is 5.75 Å². The van der Waals surface area contributed by atoms with Gasteiger partial charge in [0.25, 0.3) is 5.91 Å². The molecule has 0 saturated carbocycles. The lowest BCUT2D eigenvalue weighted by molar-refractivity contribution is -0.0849. The molecule has 0 aliphatic carbocycles. The van der Waals surface area contributed by atoms with Crippen LogP contribution in [-0.4, -0.2) is 42.6 Å². The summed E-state index contributed by atoms with van der Waals surface area (Å²) < 4.78 is 5.21. The van der Waals surface area contributed by atoms with Gasteiger partial charge in [0, 0.05) is 37.1 Å². The number of carbonyl (C=O) groups excluding carboxylic acids is 1. The Labute approximate surface area is 152 Å². The maximum atomic E-state index is 12.7. The van der Waals surface area contributed by atoms with Crippen molar-refractivity contribution in [3.05, 3.63) is 65.7 Å². The van der Waals surface area contributed by atoms with Crippen LogP contribution in [0.15, 0.2) is 59.6 Å². The van der Waals surface area contributed by atoms with Crippen molar-refractivity contribution in [1.29, 1.82) is 0 Å². The number of hydrogen-bond donors (Lipinski definition) is 1. The minimum Gasteiger partial charge on any atom is -0.497 e. The monoisotopic (exact) mass is 351 g/mol. The number of carbonyl (C=O) groups is 1. The zero-order valence-electron chi connectivity index (χ0n) is 14.6. The largest absolute Gasteiger partial charge is 0.497 e. The second-order valence-corrected chi connectivity index (χ2v) is 6.50. The third kappa shape index (κ3) is 3.15. The molecule has 0 unspecified atom stereocenters. The van der Waals surface area contributed by atoms with Crippen molar-refractivity contribution >= 4 is 11.7 Å². The molecule has 0 aromatic heterocycles. The SMILES string of the molecule is COc1cccc(C(=O)N2CCC3(CC2)N=C(c2ccccc2)NO3)c1. The summed E-state index contributed by atoms with van der Waals surface area (Å²) in [6.07, 6.45) is 1.32. The Morgan fingerprint density at radius 2 is 1.92 bits per heavy atom. The predicted octanol–water partition coefficient (Wildman–Crippen LogP) is 2.61. The van der Waals surface area contributed by atoms with Gasteiger partial charge in [-0.15, -0.1) is 0 Å². The number of rotatable bonds is 3. The van der Waals surface area contributed by atoms with Gasteiger partial charge in [0.15, 0.2) is 11.6 Å². The molecule has 26 heavy (non-hydrogen) atoms. The minimum absolute atomic E-state index is 0.0111. The van der Waals surface area contributed by atoms with Crippen molar-refractivity contribution in [3.8, 4) is 5.75 Å². The van der Waals surface area contributed by atoms with Gasteiger partial charge in [0.05, 0.1) is 7.11 Å². The molecule has 1 N–H and O–H groups in total. The van der Waals surface area contributed by atoms with E-state index in [2.05, 4.69) is 5.48 Å². The third-order valence-corrected chi connectivity index (χ3v) is 4.85. The van der Waals surface area contributed by atoms with Crippen LogP contribution in [0.3, 0.4) is 0 Å². The van der Waals surface area contributed by atoms with E-state index in [0.29, 0.717) is 37.2 Å². The summed E-state index contributed by atoms with van der Waals surface area (Å²) in [5.41, 5.74) is 4.00. The molecule has 2 aromatic carbocycles. The van der Waals surface area contributed by atoms with Crippen LogP contribution in [-0.2, 0) is 4.84 Å². The zero-order chi connectivity index (χ0) is 18.0. The Morgan fingerprint density at radius 1 is 1.15 bits per heavy atom. The molecule has 2 heterocycles. The summed E-state index contributed by atoms with van der Waals surface area (Å²) in [5, 5.41) is 0. The van der Waals surface area contributed by atoms with E-state index in [0.717, 1.165) is 11.4 Å². The number of hydroxylamine groups is 1. The first-order valence-electron chi connectivity index (χ1n) is 8.72. The Bertz CT molecular complexity index is 827. The number of amidine groups is 1. The van der Waals surface area contributed by atoms with E-state index in [-0.39, 0.29) is 5.91 Å². The second kappa shape index (κ2) is 6.80. The number of aliphatic imine (C=N–C) groups is 1. The quantitative estimate of drug-likeness (QED) is 0.923. The summed E-state index contributed by atoms with van der Waals surface area (Å²) in [6.45, 7) is 1.20. The first-order valence-corrected chi connectivity index (χ1v) is 8.72. The number of likely N-dealkylation sites (tertiary alicyclic amines) is 1. The number of ether oxygens (including phenoxy) is 1. The van der Waals surface area contributed by atoms with Crippen LogP contribution in [0.1, 0.15) is 28.8 Å². The number of hydrogen-bond acceptors (Lipinski definition) is 5. The average Bonchev–Trinajstić information content (AvgIpc) is 3.12. The molecule has 1 spiro atoms. The van der Waals surface area contributed by atoms with Crippen molar-refractivity contribution in [1.82, 2.24) is 10.4 Å². The number of amides is 1. The van der Waals surface area contributed by atoms with E-state index in [1.165, 1.54) is 0 Å². The summed E-state index contributed by atoms with van der Waals surface area (Å²) in [4.78, 5) is 25.2. The van der Waals surface area contributed by atoms with Gasteiger partial charge in [-0.1, -0.05) is 36.4 Å². The Morgan fingerprint density at radius 3 is 2.65 bits per heavy atom. The molecule has 0 atom stereocenters.